The number of hydrogen-bond donors (Lipinski definition) is 0. The highest BCUT2D eigenvalue weighted by atomic mass is 16.7. The Balaban J connectivity index is 2.56. The van der Waals surface area contributed by atoms with E-state index < -0.39 is 5.54 Å². The summed E-state index contributed by atoms with van der Waals surface area (Å²) in [4.78, 5) is 11.2. The van der Waals surface area contributed by atoms with E-state index in [2.05, 4.69) is 0 Å². The number of nitrogens with zero attached hydrogens (tertiary/aromatic N) is 1. The fourth-order valence-corrected chi connectivity index (χ4v) is 2.54. The van der Waals surface area contributed by atoms with Gasteiger partial charge in [0.25, 0.3) is 0 Å². The van der Waals surface area contributed by atoms with Crippen molar-refractivity contribution >= 4 is 0 Å². The molecule has 1 aliphatic heterocycles. The van der Waals surface area contributed by atoms with E-state index in [1.807, 2.05) is 13.8 Å². The third kappa shape index (κ3) is 3.92. The van der Waals surface area contributed by atoms with Crippen LogP contribution in [-0.2, 0) is 9.47 Å². The first kappa shape index (κ1) is 14.4. The molecule has 0 aromatic carbocycles. The zero-order valence-corrected chi connectivity index (χ0v) is 10.8. The summed E-state index contributed by atoms with van der Waals surface area (Å²) in [7, 11) is 0. The van der Waals surface area contributed by atoms with Gasteiger partial charge in [-0.25, -0.2) is 0 Å². The lowest BCUT2D eigenvalue weighted by atomic mass is 9.85. The van der Waals surface area contributed by atoms with Gasteiger partial charge >= 0.3 is 0 Å². The van der Waals surface area contributed by atoms with E-state index in [0.717, 1.165) is 12.8 Å². The van der Waals surface area contributed by atoms with E-state index in [1.54, 1.807) is 0 Å². The van der Waals surface area contributed by atoms with E-state index >= 15 is 0 Å². The summed E-state index contributed by atoms with van der Waals surface area (Å²) in [5.74, 6) is 0. The molecule has 100 valence electrons. The average molecular weight is 245 g/mol. The van der Waals surface area contributed by atoms with Crippen LogP contribution in [0.4, 0.5) is 0 Å². The van der Waals surface area contributed by atoms with Crippen molar-refractivity contribution in [3.63, 3.8) is 0 Å². The predicted octanol–water partition coefficient (Wildman–Crippen LogP) is 2.76. The Hall–Kier alpha value is -0.680. The van der Waals surface area contributed by atoms with Gasteiger partial charge in [0, 0.05) is 30.6 Å². The van der Waals surface area contributed by atoms with Crippen molar-refractivity contribution < 1.29 is 14.4 Å². The smallest absolute Gasteiger partial charge is 0.222 e. The second kappa shape index (κ2) is 6.91. The third-order valence-electron chi connectivity index (χ3n) is 3.35. The minimum atomic E-state index is -0.779. The monoisotopic (exact) mass is 245 g/mol. The molecule has 1 aliphatic rings. The highest BCUT2D eigenvalue weighted by molar-refractivity contribution is 4.79. The maximum Gasteiger partial charge on any atom is 0.222 e. The van der Waals surface area contributed by atoms with Gasteiger partial charge in [0.1, 0.15) is 0 Å². The molecule has 0 aliphatic carbocycles. The summed E-state index contributed by atoms with van der Waals surface area (Å²) >= 11 is 0. The molecule has 1 rings (SSSR count). The van der Waals surface area contributed by atoms with Gasteiger partial charge in [-0.1, -0.05) is 13.8 Å². The van der Waals surface area contributed by atoms with Crippen molar-refractivity contribution in [2.24, 2.45) is 0 Å². The first-order valence-corrected chi connectivity index (χ1v) is 6.52. The number of hydrogen-bond acceptors (Lipinski definition) is 4. The van der Waals surface area contributed by atoms with Crippen LogP contribution in [0.15, 0.2) is 0 Å². The van der Waals surface area contributed by atoms with Crippen molar-refractivity contribution in [2.45, 2.75) is 64.2 Å². The van der Waals surface area contributed by atoms with Gasteiger partial charge in [0.2, 0.25) is 5.54 Å². The number of ether oxygens (including phenoxy) is 2. The molecule has 0 unspecified atom stereocenters. The van der Waals surface area contributed by atoms with Gasteiger partial charge in [0.05, 0.1) is 13.2 Å². The van der Waals surface area contributed by atoms with Crippen LogP contribution in [0.2, 0.25) is 0 Å². The van der Waals surface area contributed by atoms with Crippen LogP contribution in [0.3, 0.4) is 0 Å². The third-order valence-corrected chi connectivity index (χ3v) is 3.35. The zero-order chi connectivity index (χ0) is 12.7. The van der Waals surface area contributed by atoms with Crippen LogP contribution in [0, 0.1) is 10.1 Å². The normalized spacial score (nSPS) is 17.5. The number of nitro groups is 1. The van der Waals surface area contributed by atoms with Gasteiger partial charge < -0.3 is 9.47 Å². The van der Waals surface area contributed by atoms with Gasteiger partial charge in [-0.05, 0) is 12.8 Å². The highest BCUT2D eigenvalue weighted by Gasteiger charge is 2.41. The Bertz CT molecular complexity index is 233. The van der Waals surface area contributed by atoms with E-state index in [1.165, 1.54) is 0 Å². The first-order chi connectivity index (χ1) is 8.14. The van der Waals surface area contributed by atoms with Crippen molar-refractivity contribution in [3.05, 3.63) is 10.1 Å². The van der Waals surface area contributed by atoms with Crippen molar-refractivity contribution in [3.8, 4) is 0 Å². The minimum Gasteiger partial charge on any atom is -0.350 e. The second-order valence-corrected chi connectivity index (χ2v) is 4.69. The van der Waals surface area contributed by atoms with Crippen molar-refractivity contribution in [1.82, 2.24) is 0 Å². The van der Waals surface area contributed by atoms with Gasteiger partial charge in [-0.2, -0.15) is 0 Å². The van der Waals surface area contributed by atoms with Gasteiger partial charge in [-0.15, -0.1) is 0 Å². The number of rotatable bonds is 8. The molecule has 5 nitrogen and oxygen atoms in total. The summed E-state index contributed by atoms with van der Waals surface area (Å²) in [5.41, 5.74) is -0.779. The second-order valence-electron chi connectivity index (χ2n) is 4.69. The maximum absolute atomic E-state index is 11.3. The molecule has 1 saturated heterocycles. The quantitative estimate of drug-likeness (QED) is 0.487. The van der Waals surface area contributed by atoms with Crippen LogP contribution in [0.5, 0.6) is 0 Å². The lowest BCUT2D eigenvalue weighted by Crippen LogP contribution is -2.39. The zero-order valence-electron chi connectivity index (χ0n) is 10.8. The molecule has 1 heterocycles. The fourth-order valence-electron chi connectivity index (χ4n) is 2.54. The molecule has 0 aromatic heterocycles. The molecule has 0 saturated carbocycles. The van der Waals surface area contributed by atoms with Crippen molar-refractivity contribution in [2.75, 3.05) is 13.2 Å². The first-order valence-electron chi connectivity index (χ1n) is 6.52. The van der Waals surface area contributed by atoms with E-state index in [0.29, 0.717) is 38.9 Å². The fraction of sp³-hybridized carbons (Fsp3) is 1.00. The molecular weight excluding hydrogens is 222 g/mol. The molecule has 5 heteroatoms. The molecule has 0 aromatic rings. The Morgan fingerprint density at radius 1 is 1.18 bits per heavy atom. The molecule has 17 heavy (non-hydrogen) atoms. The van der Waals surface area contributed by atoms with Crippen LogP contribution in [0.25, 0.3) is 0 Å². The topological polar surface area (TPSA) is 61.6 Å². The molecule has 0 atom stereocenters. The molecule has 1 fully saturated rings. The minimum absolute atomic E-state index is 0.0883. The Kier molecular flexibility index (Phi) is 5.85. The molecule has 0 N–H and O–H groups in total. The van der Waals surface area contributed by atoms with E-state index in [-0.39, 0.29) is 11.2 Å². The molecule has 0 bridgehead atoms. The Labute approximate surface area is 103 Å². The average Bonchev–Trinajstić information content (AvgIpc) is 2.79. The standard InChI is InChI=1S/C12H23NO4/c1-3-6-12(7-4-2,13(14)15)8-5-11-16-9-10-17-11/h11H,3-10H2,1-2H3. The summed E-state index contributed by atoms with van der Waals surface area (Å²) in [6.45, 7) is 5.21. The molecule has 0 amide bonds. The van der Waals surface area contributed by atoms with Crippen LogP contribution in [-0.4, -0.2) is 30.0 Å². The highest BCUT2D eigenvalue weighted by Crippen LogP contribution is 2.30. The SMILES string of the molecule is CCCC(CCC)(CCC1OCCO1)[N+](=O)[O-]. The van der Waals surface area contributed by atoms with E-state index in [9.17, 15) is 10.1 Å². The molecule has 0 radical (unpaired) electrons. The maximum atomic E-state index is 11.3. The predicted molar refractivity (Wildman–Crippen MR) is 64.5 cm³/mol. The van der Waals surface area contributed by atoms with E-state index in [4.69, 9.17) is 9.47 Å². The summed E-state index contributed by atoms with van der Waals surface area (Å²) in [5, 5.41) is 11.3. The summed E-state index contributed by atoms with van der Waals surface area (Å²) in [6, 6.07) is 0. The van der Waals surface area contributed by atoms with Crippen LogP contribution < -0.4 is 0 Å². The van der Waals surface area contributed by atoms with Gasteiger partial charge in [0.15, 0.2) is 6.29 Å². The Morgan fingerprint density at radius 3 is 2.12 bits per heavy atom. The summed E-state index contributed by atoms with van der Waals surface area (Å²) < 4.78 is 10.7. The summed E-state index contributed by atoms with van der Waals surface area (Å²) in [6.07, 6.45) is 3.90. The van der Waals surface area contributed by atoms with Gasteiger partial charge in [-0.3, -0.25) is 10.1 Å². The van der Waals surface area contributed by atoms with Crippen LogP contribution in [0.1, 0.15) is 52.4 Å². The lowest BCUT2D eigenvalue weighted by Gasteiger charge is -2.25. The largest absolute Gasteiger partial charge is 0.350 e. The van der Waals surface area contributed by atoms with Crippen molar-refractivity contribution in [1.29, 1.82) is 0 Å². The molecule has 0 spiro atoms. The lowest BCUT2D eigenvalue weighted by molar-refractivity contribution is -0.574. The van der Waals surface area contributed by atoms with Crippen LogP contribution >= 0.6 is 0 Å². The Morgan fingerprint density at radius 2 is 1.71 bits per heavy atom. The molecular formula is C12H23NO4.